The van der Waals surface area contributed by atoms with Gasteiger partial charge in [0.25, 0.3) is 11.8 Å². The number of ether oxygens (including phenoxy) is 3. The Balaban J connectivity index is 0.00000583. The Bertz CT molecular complexity index is 1790. The van der Waals surface area contributed by atoms with Crippen LogP contribution in [0.2, 0.25) is 0 Å². The molecule has 2 aromatic heterocycles. The summed E-state index contributed by atoms with van der Waals surface area (Å²) in [6, 6.07) is 10.9. The van der Waals surface area contributed by atoms with Crippen molar-refractivity contribution in [2.45, 2.75) is 77.4 Å². The summed E-state index contributed by atoms with van der Waals surface area (Å²) in [5, 5.41) is 23.0. The van der Waals surface area contributed by atoms with Gasteiger partial charge in [-0.05, 0) is 58.2 Å². The number of rotatable bonds is 13. The highest BCUT2D eigenvalue weighted by Gasteiger charge is 2.37. The molecule has 2 heterocycles. The van der Waals surface area contributed by atoms with Crippen molar-refractivity contribution >= 4 is 24.1 Å². The van der Waals surface area contributed by atoms with Crippen LogP contribution in [0, 0.1) is 11.6 Å². The van der Waals surface area contributed by atoms with Crippen molar-refractivity contribution in [3.8, 4) is 34.4 Å². The Morgan fingerprint density at radius 1 is 0.980 bits per heavy atom. The van der Waals surface area contributed by atoms with Gasteiger partial charge in [0.2, 0.25) is 0 Å². The molecule has 3 atom stereocenters. The highest BCUT2D eigenvalue weighted by molar-refractivity contribution is 5.97. The van der Waals surface area contributed by atoms with Gasteiger partial charge >= 0.3 is 0 Å². The Kier molecular flexibility index (Phi) is 13.1. The number of halogens is 3. The average Bonchev–Trinajstić information content (AvgIpc) is 3.48. The molecule has 51 heavy (non-hydrogen) atoms. The lowest BCUT2D eigenvalue weighted by molar-refractivity contribution is 0.0634. The van der Waals surface area contributed by atoms with Gasteiger partial charge in [-0.2, -0.15) is 0 Å². The Labute approximate surface area is 302 Å². The molecular formula is C36H44ClF2N7O5. The number of amides is 1. The fourth-order valence-electron chi connectivity index (χ4n) is 6.36. The first-order valence-corrected chi connectivity index (χ1v) is 16.4. The van der Waals surface area contributed by atoms with E-state index in [1.807, 2.05) is 24.3 Å². The third-order valence-corrected chi connectivity index (χ3v) is 8.81. The monoisotopic (exact) mass is 727 g/mol. The highest BCUT2D eigenvalue weighted by atomic mass is 35.5. The van der Waals surface area contributed by atoms with E-state index in [-0.39, 0.29) is 48.1 Å². The molecule has 0 saturated heterocycles. The standard InChI is InChI=1S/C36H43F2N7O5.ClH/c1-20(2)45(21(3)4)36(47)32-29(13-12-25(37)33(32)38)50-31-18-39-19-41-34(31)44(5)27-14-24(15-28(27)46)40-17-22-8-10-23(11-9-22)26-16-30(48-6)35(49-7)43-42-26;/h8-13,16,18-21,24,27-28,40,46H,14-15,17H2,1-7H3;1H/t24-,27+,28-;/m1./s1. The van der Waals surface area contributed by atoms with Gasteiger partial charge < -0.3 is 34.4 Å². The van der Waals surface area contributed by atoms with Crippen molar-refractivity contribution in [2.75, 3.05) is 26.2 Å². The molecule has 0 unspecified atom stereocenters. The van der Waals surface area contributed by atoms with Crippen LogP contribution >= 0.6 is 12.4 Å². The van der Waals surface area contributed by atoms with Gasteiger partial charge in [0, 0.05) is 43.3 Å². The third-order valence-electron chi connectivity index (χ3n) is 8.81. The maximum atomic E-state index is 15.2. The molecule has 274 valence electrons. The van der Waals surface area contributed by atoms with E-state index in [2.05, 4.69) is 25.5 Å². The smallest absolute Gasteiger partial charge is 0.276 e. The fraction of sp³-hybridized carbons (Fsp3) is 0.417. The van der Waals surface area contributed by atoms with Crippen molar-refractivity contribution in [3.05, 3.63) is 77.8 Å². The molecule has 1 aliphatic carbocycles. The molecule has 0 aliphatic heterocycles. The number of aliphatic hydroxyl groups is 1. The van der Waals surface area contributed by atoms with Gasteiger partial charge in [-0.15, -0.1) is 22.6 Å². The van der Waals surface area contributed by atoms with E-state index < -0.39 is 29.2 Å². The first-order valence-electron chi connectivity index (χ1n) is 16.4. The van der Waals surface area contributed by atoms with E-state index >= 15 is 4.39 Å². The summed E-state index contributed by atoms with van der Waals surface area (Å²) in [7, 11) is 4.83. The summed E-state index contributed by atoms with van der Waals surface area (Å²) in [5.41, 5.74) is 2.06. The van der Waals surface area contributed by atoms with Crippen LogP contribution in [0.1, 0.15) is 56.5 Å². The molecule has 4 aromatic rings. The fourth-order valence-corrected chi connectivity index (χ4v) is 6.36. The number of hydrogen-bond acceptors (Lipinski definition) is 11. The molecule has 2 N–H and O–H groups in total. The summed E-state index contributed by atoms with van der Waals surface area (Å²) < 4.78 is 46.3. The number of benzene rings is 2. The number of methoxy groups -OCH3 is 2. The first-order chi connectivity index (χ1) is 23.9. The van der Waals surface area contributed by atoms with Crippen LogP contribution in [0.25, 0.3) is 11.3 Å². The lowest BCUT2D eigenvalue weighted by Gasteiger charge is -2.32. The molecule has 0 bridgehead atoms. The molecule has 0 spiro atoms. The Morgan fingerprint density at radius 2 is 1.69 bits per heavy atom. The van der Waals surface area contributed by atoms with Crippen LogP contribution < -0.4 is 24.4 Å². The number of nitrogens with zero attached hydrogens (tertiary/aromatic N) is 6. The van der Waals surface area contributed by atoms with E-state index in [1.165, 1.54) is 30.6 Å². The average molecular weight is 728 g/mol. The maximum Gasteiger partial charge on any atom is 0.276 e. The number of carbonyl (C=O) groups is 1. The van der Waals surface area contributed by atoms with Gasteiger partial charge in [-0.3, -0.25) is 4.79 Å². The van der Waals surface area contributed by atoms with Crippen molar-refractivity contribution in [1.29, 1.82) is 0 Å². The molecule has 1 fully saturated rings. The largest absolute Gasteiger partial charge is 0.491 e. The molecule has 12 nitrogen and oxygen atoms in total. The van der Waals surface area contributed by atoms with Crippen molar-refractivity contribution < 1.29 is 32.9 Å². The normalized spacial score (nSPS) is 16.9. The molecule has 1 saturated carbocycles. The lowest BCUT2D eigenvalue weighted by Crippen LogP contribution is -2.42. The second-order valence-electron chi connectivity index (χ2n) is 12.7. The molecular weight excluding hydrogens is 684 g/mol. The second-order valence-corrected chi connectivity index (χ2v) is 12.7. The Morgan fingerprint density at radius 3 is 2.33 bits per heavy atom. The number of anilines is 1. The summed E-state index contributed by atoms with van der Waals surface area (Å²) in [4.78, 5) is 25.3. The van der Waals surface area contributed by atoms with Crippen LogP contribution in [0.15, 0.2) is 55.0 Å². The third kappa shape index (κ3) is 8.63. The van der Waals surface area contributed by atoms with E-state index in [0.29, 0.717) is 42.5 Å². The summed E-state index contributed by atoms with van der Waals surface area (Å²) in [6.45, 7) is 7.78. The molecule has 1 amide bonds. The maximum absolute atomic E-state index is 15.2. The zero-order valence-electron chi connectivity index (χ0n) is 29.6. The van der Waals surface area contributed by atoms with Gasteiger partial charge in [0.15, 0.2) is 29.0 Å². The summed E-state index contributed by atoms with van der Waals surface area (Å²) in [5.74, 6) is -2.07. The van der Waals surface area contributed by atoms with Crippen LogP contribution in [0.4, 0.5) is 14.6 Å². The van der Waals surface area contributed by atoms with Gasteiger partial charge in [0.1, 0.15) is 17.6 Å². The molecule has 2 aromatic carbocycles. The van der Waals surface area contributed by atoms with Crippen molar-refractivity contribution in [1.82, 2.24) is 30.4 Å². The quantitative estimate of drug-likeness (QED) is 0.173. The van der Waals surface area contributed by atoms with E-state index in [0.717, 1.165) is 17.2 Å². The Hall–Kier alpha value is -4.66. The molecule has 1 aliphatic rings. The minimum Gasteiger partial charge on any atom is -0.491 e. The van der Waals surface area contributed by atoms with Crippen LogP contribution in [0.3, 0.4) is 0 Å². The first kappa shape index (κ1) is 39.1. The van der Waals surface area contributed by atoms with E-state index in [9.17, 15) is 14.3 Å². The summed E-state index contributed by atoms with van der Waals surface area (Å²) >= 11 is 0. The molecule has 5 rings (SSSR count). The zero-order chi connectivity index (χ0) is 36.1. The predicted molar refractivity (Wildman–Crippen MR) is 191 cm³/mol. The number of likely N-dealkylation sites (N-methyl/N-ethyl adjacent to an activating group) is 1. The minimum absolute atomic E-state index is 0. The minimum atomic E-state index is -1.30. The number of carbonyl (C=O) groups excluding carboxylic acids is 1. The SMILES string of the molecule is COc1cc(-c2ccc(CN[C@H]3C[C@@H](O)[C@@H](N(C)c4ncncc4Oc4ccc(F)c(F)c4C(=O)N(C(C)C)C(C)C)C3)cc2)nnc1OC.Cl. The summed E-state index contributed by atoms with van der Waals surface area (Å²) in [6.07, 6.45) is 3.12. The highest BCUT2D eigenvalue weighted by Crippen LogP contribution is 2.37. The lowest BCUT2D eigenvalue weighted by atomic mass is 10.1. The van der Waals surface area contributed by atoms with Crippen LogP contribution in [-0.4, -0.2) is 87.6 Å². The molecule has 0 radical (unpaired) electrons. The number of nitrogens with one attached hydrogen (secondary N) is 1. The molecule has 15 heteroatoms. The zero-order valence-corrected chi connectivity index (χ0v) is 30.4. The van der Waals surface area contributed by atoms with Crippen LogP contribution in [0.5, 0.6) is 23.1 Å². The van der Waals surface area contributed by atoms with Gasteiger partial charge in [-0.1, -0.05) is 24.3 Å². The van der Waals surface area contributed by atoms with E-state index in [1.54, 1.807) is 52.8 Å². The number of aromatic nitrogens is 4. The number of hydrogen-bond donors (Lipinski definition) is 2. The van der Waals surface area contributed by atoms with Crippen molar-refractivity contribution in [2.24, 2.45) is 0 Å². The van der Waals surface area contributed by atoms with Crippen molar-refractivity contribution in [3.63, 3.8) is 0 Å². The van der Waals surface area contributed by atoms with Gasteiger partial charge in [0.05, 0.1) is 38.3 Å². The van der Waals surface area contributed by atoms with E-state index in [4.69, 9.17) is 14.2 Å². The second kappa shape index (κ2) is 17.0. The van der Waals surface area contributed by atoms with Gasteiger partial charge in [-0.25, -0.2) is 18.7 Å². The predicted octanol–water partition coefficient (Wildman–Crippen LogP) is 5.82. The topological polar surface area (TPSA) is 135 Å². The number of aliphatic hydroxyl groups excluding tert-OH is 1. The van der Waals surface area contributed by atoms with Crippen LogP contribution in [-0.2, 0) is 6.54 Å².